The molecular weight excluding hydrogens is 304 g/mol. The van der Waals surface area contributed by atoms with E-state index >= 15 is 0 Å². The molecule has 0 amide bonds. The Labute approximate surface area is 119 Å². The fourth-order valence-corrected chi connectivity index (χ4v) is 4.37. The highest BCUT2D eigenvalue weighted by molar-refractivity contribution is 7.89. The van der Waals surface area contributed by atoms with Crippen LogP contribution in [-0.4, -0.2) is 46.0 Å². The second kappa shape index (κ2) is 5.31. The second-order valence-electron chi connectivity index (χ2n) is 4.08. The van der Waals surface area contributed by atoms with Gasteiger partial charge in [-0.15, -0.1) is 11.3 Å². The van der Waals surface area contributed by atoms with Crippen LogP contribution in [0.5, 0.6) is 0 Å². The zero-order chi connectivity index (χ0) is 14.9. The van der Waals surface area contributed by atoms with Gasteiger partial charge in [-0.2, -0.15) is 9.40 Å². The summed E-state index contributed by atoms with van der Waals surface area (Å²) in [5, 5.41) is 16.8. The molecule has 0 bridgehead atoms. The molecule has 0 spiro atoms. The Morgan fingerprint density at radius 3 is 2.80 bits per heavy atom. The topological polar surface area (TPSA) is 116 Å². The first-order valence-electron chi connectivity index (χ1n) is 5.46. The van der Waals surface area contributed by atoms with Crippen LogP contribution >= 0.6 is 11.3 Å². The number of nitrogens with zero attached hydrogens (tertiary/aromatic N) is 3. The Balaban J connectivity index is 2.40. The van der Waals surface area contributed by atoms with E-state index in [2.05, 4.69) is 15.2 Å². The van der Waals surface area contributed by atoms with Crippen LogP contribution in [-0.2, 0) is 16.6 Å². The number of carboxylic acids is 1. The van der Waals surface area contributed by atoms with Gasteiger partial charge in [0.2, 0.25) is 10.0 Å². The molecule has 0 aliphatic carbocycles. The first-order valence-corrected chi connectivity index (χ1v) is 7.78. The van der Waals surface area contributed by atoms with Gasteiger partial charge in [0.05, 0.1) is 6.54 Å². The summed E-state index contributed by atoms with van der Waals surface area (Å²) in [4.78, 5) is 14.6. The number of carbonyl (C=O) groups is 1. The molecular formula is C10H12N4O4S2. The molecule has 0 aliphatic rings. The normalized spacial score (nSPS) is 11.9. The van der Waals surface area contributed by atoms with Crippen molar-refractivity contribution in [3.63, 3.8) is 0 Å². The van der Waals surface area contributed by atoms with E-state index in [0.717, 1.165) is 15.6 Å². The van der Waals surface area contributed by atoms with E-state index < -0.39 is 16.0 Å². The summed E-state index contributed by atoms with van der Waals surface area (Å²) in [5.41, 5.74) is 0.414. The van der Waals surface area contributed by atoms with Gasteiger partial charge in [0.1, 0.15) is 21.9 Å². The predicted octanol–water partition coefficient (Wildman–Crippen LogP) is 0.694. The van der Waals surface area contributed by atoms with Crippen molar-refractivity contribution >= 4 is 27.3 Å². The molecule has 0 saturated carbocycles. The second-order valence-corrected chi connectivity index (χ2v) is 6.94. The van der Waals surface area contributed by atoms with Crippen LogP contribution in [0.4, 0.5) is 0 Å². The highest BCUT2D eigenvalue weighted by Crippen LogP contribution is 2.29. The molecule has 0 atom stereocenters. The van der Waals surface area contributed by atoms with Gasteiger partial charge in [0, 0.05) is 7.05 Å². The largest absolute Gasteiger partial charge is 0.477 e. The molecule has 2 rings (SSSR count). The fourth-order valence-electron chi connectivity index (χ4n) is 1.66. The summed E-state index contributed by atoms with van der Waals surface area (Å²) in [5.74, 6) is -0.879. The zero-order valence-corrected chi connectivity index (χ0v) is 12.3. The minimum absolute atomic E-state index is 0.0172. The summed E-state index contributed by atoms with van der Waals surface area (Å²) in [7, 11) is -2.54. The van der Waals surface area contributed by atoms with E-state index in [0.29, 0.717) is 11.4 Å². The average molecular weight is 316 g/mol. The molecule has 0 aliphatic heterocycles. The average Bonchev–Trinajstić information content (AvgIpc) is 2.98. The maximum atomic E-state index is 12.5. The van der Waals surface area contributed by atoms with Crippen LogP contribution in [0.15, 0.2) is 16.6 Å². The van der Waals surface area contributed by atoms with Crippen LogP contribution in [0.1, 0.15) is 21.1 Å². The van der Waals surface area contributed by atoms with Gasteiger partial charge in [-0.1, -0.05) is 0 Å². The number of thiophene rings is 1. The monoisotopic (exact) mass is 316 g/mol. The Hall–Kier alpha value is -1.78. The molecule has 2 heterocycles. The minimum atomic E-state index is -3.90. The number of aryl methyl sites for hydroxylation is 1. The zero-order valence-electron chi connectivity index (χ0n) is 10.7. The number of nitrogens with one attached hydrogen (secondary N) is 1. The van der Waals surface area contributed by atoms with E-state index in [-0.39, 0.29) is 16.3 Å². The van der Waals surface area contributed by atoms with Gasteiger partial charge < -0.3 is 5.11 Å². The number of aromatic carboxylic acids is 1. The van der Waals surface area contributed by atoms with Crippen molar-refractivity contribution in [2.75, 3.05) is 7.05 Å². The molecule has 20 heavy (non-hydrogen) atoms. The molecule has 2 N–H and O–H groups in total. The third-order valence-electron chi connectivity index (χ3n) is 2.62. The Morgan fingerprint density at radius 1 is 1.55 bits per heavy atom. The molecule has 0 aromatic carbocycles. The van der Waals surface area contributed by atoms with Crippen LogP contribution in [0.2, 0.25) is 0 Å². The molecule has 8 nitrogen and oxygen atoms in total. The number of carboxylic acid groups (broad SMARTS) is 1. The Bertz CT molecular complexity index is 721. The SMILES string of the molecule is Cc1csc(C(=O)O)c1S(=O)(=O)N(C)Cc1ncn[nH]1. The maximum absolute atomic E-state index is 12.5. The van der Waals surface area contributed by atoms with Crippen molar-refractivity contribution in [1.29, 1.82) is 0 Å². The summed E-state index contributed by atoms with van der Waals surface area (Å²) < 4.78 is 26.0. The first kappa shape index (κ1) is 14.6. The third-order valence-corrected chi connectivity index (χ3v) is 5.82. The molecule has 2 aromatic heterocycles. The lowest BCUT2D eigenvalue weighted by atomic mass is 10.3. The molecule has 2 aromatic rings. The van der Waals surface area contributed by atoms with Crippen LogP contribution in [0.25, 0.3) is 0 Å². The van der Waals surface area contributed by atoms with E-state index in [1.165, 1.54) is 18.8 Å². The lowest BCUT2D eigenvalue weighted by Gasteiger charge is -2.16. The smallest absolute Gasteiger partial charge is 0.347 e. The molecule has 10 heteroatoms. The number of aromatic amines is 1. The highest BCUT2D eigenvalue weighted by Gasteiger charge is 2.30. The summed E-state index contributed by atoms with van der Waals surface area (Å²) in [6.45, 7) is 1.55. The van der Waals surface area contributed by atoms with Gasteiger partial charge in [0.15, 0.2) is 0 Å². The summed E-state index contributed by atoms with van der Waals surface area (Å²) >= 11 is 0.895. The number of rotatable bonds is 5. The number of hydrogen-bond acceptors (Lipinski definition) is 6. The maximum Gasteiger partial charge on any atom is 0.347 e. The fraction of sp³-hybridized carbons (Fsp3) is 0.300. The van der Waals surface area contributed by atoms with Crippen LogP contribution in [0.3, 0.4) is 0 Å². The summed E-state index contributed by atoms with van der Waals surface area (Å²) in [6.07, 6.45) is 1.27. The van der Waals surface area contributed by atoms with Crippen molar-refractivity contribution in [3.05, 3.63) is 28.0 Å². The van der Waals surface area contributed by atoms with Gasteiger partial charge in [-0.25, -0.2) is 18.2 Å². The van der Waals surface area contributed by atoms with E-state index in [9.17, 15) is 13.2 Å². The third kappa shape index (κ3) is 2.57. The van der Waals surface area contributed by atoms with E-state index in [1.807, 2.05) is 0 Å². The standard InChI is InChI=1S/C10H12N4O4S2/c1-6-4-19-8(10(15)16)9(6)20(17,18)14(2)3-7-11-5-12-13-7/h4-5H,3H2,1-2H3,(H,15,16)(H,11,12,13). The number of H-pyrrole nitrogens is 1. The van der Waals surface area contributed by atoms with Crippen molar-refractivity contribution < 1.29 is 18.3 Å². The van der Waals surface area contributed by atoms with Gasteiger partial charge in [-0.05, 0) is 17.9 Å². The quantitative estimate of drug-likeness (QED) is 0.838. The lowest BCUT2D eigenvalue weighted by molar-refractivity contribution is 0.0698. The number of aromatic nitrogens is 3. The molecule has 0 radical (unpaired) electrons. The van der Waals surface area contributed by atoms with Gasteiger partial charge >= 0.3 is 5.97 Å². The van der Waals surface area contributed by atoms with Gasteiger partial charge in [0.25, 0.3) is 0 Å². The van der Waals surface area contributed by atoms with E-state index in [1.54, 1.807) is 6.92 Å². The number of hydrogen-bond donors (Lipinski definition) is 2. The molecule has 0 saturated heterocycles. The molecule has 0 fully saturated rings. The molecule has 108 valence electrons. The van der Waals surface area contributed by atoms with Crippen LogP contribution in [0, 0.1) is 6.92 Å². The minimum Gasteiger partial charge on any atom is -0.477 e. The predicted molar refractivity (Wildman–Crippen MR) is 71.1 cm³/mol. The van der Waals surface area contributed by atoms with Crippen molar-refractivity contribution in [2.24, 2.45) is 0 Å². The molecule has 0 unspecified atom stereocenters. The highest BCUT2D eigenvalue weighted by atomic mass is 32.2. The number of sulfonamides is 1. The lowest BCUT2D eigenvalue weighted by Crippen LogP contribution is -2.28. The Kier molecular flexibility index (Phi) is 3.88. The van der Waals surface area contributed by atoms with Crippen molar-refractivity contribution in [1.82, 2.24) is 19.5 Å². The summed E-state index contributed by atoms with van der Waals surface area (Å²) in [6, 6.07) is 0. The Morgan fingerprint density at radius 2 is 2.25 bits per heavy atom. The van der Waals surface area contributed by atoms with Crippen molar-refractivity contribution in [3.8, 4) is 0 Å². The van der Waals surface area contributed by atoms with E-state index in [4.69, 9.17) is 5.11 Å². The van der Waals surface area contributed by atoms with Crippen LogP contribution < -0.4 is 0 Å². The van der Waals surface area contributed by atoms with Gasteiger partial charge in [-0.3, -0.25) is 5.10 Å². The first-order chi connectivity index (χ1) is 9.34. The van der Waals surface area contributed by atoms with Crippen molar-refractivity contribution in [2.45, 2.75) is 18.4 Å².